The lowest BCUT2D eigenvalue weighted by Crippen LogP contribution is -2.36. The summed E-state index contributed by atoms with van der Waals surface area (Å²) in [7, 11) is 0. The van der Waals surface area contributed by atoms with Crippen molar-refractivity contribution >= 4 is 5.97 Å². The summed E-state index contributed by atoms with van der Waals surface area (Å²) in [5, 5.41) is 12.1. The molecule has 1 saturated carbocycles. The van der Waals surface area contributed by atoms with E-state index >= 15 is 0 Å². The van der Waals surface area contributed by atoms with Gasteiger partial charge in [-0.1, -0.05) is 6.42 Å². The zero-order valence-electron chi connectivity index (χ0n) is 10.8. The first-order chi connectivity index (χ1) is 9.47. The minimum absolute atomic E-state index is 0.000950. The molecule has 1 aliphatic rings. The Morgan fingerprint density at radius 1 is 1.25 bits per heavy atom. The predicted molar refractivity (Wildman–Crippen MR) is 66.5 cm³/mol. The van der Waals surface area contributed by atoms with Crippen molar-refractivity contribution in [2.45, 2.75) is 38.3 Å². The van der Waals surface area contributed by atoms with Crippen LogP contribution in [0.3, 0.4) is 0 Å². The van der Waals surface area contributed by atoms with Gasteiger partial charge in [0, 0.05) is 12.6 Å². The Hall–Kier alpha value is -1.56. The molecule has 1 aromatic carbocycles. The van der Waals surface area contributed by atoms with E-state index in [1.807, 2.05) is 0 Å². The summed E-state index contributed by atoms with van der Waals surface area (Å²) < 4.78 is 38.9. The fourth-order valence-electron chi connectivity index (χ4n) is 2.57. The van der Waals surface area contributed by atoms with E-state index in [0.717, 1.165) is 25.0 Å². The molecule has 1 aromatic rings. The summed E-state index contributed by atoms with van der Waals surface area (Å²) >= 11 is 0. The fourth-order valence-corrected chi connectivity index (χ4v) is 2.57. The molecule has 0 amide bonds. The quantitative estimate of drug-likeness (QED) is 0.837. The number of nitrogens with one attached hydrogen (secondary N) is 1. The monoisotopic (exact) mass is 287 g/mol. The van der Waals surface area contributed by atoms with Crippen LogP contribution >= 0.6 is 0 Å². The first kappa shape index (κ1) is 14.8. The molecule has 0 radical (unpaired) electrons. The van der Waals surface area contributed by atoms with Crippen LogP contribution in [0.5, 0.6) is 0 Å². The smallest absolute Gasteiger partial charge is 0.306 e. The van der Waals surface area contributed by atoms with Crippen molar-refractivity contribution in [1.82, 2.24) is 5.32 Å². The molecule has 2 rings (SSSR count). The van der Waals surface area contributed by atoms with Crippen LogP contribution in [0.25, 0.3) is 0 Å². The van der Waals surface area contributed by atoms with Crippen LogP contribution in [0, 0.1) is 23.4 Å². The molecule has 20 heavy (non-hydrogen) atoms. The van der Waals surface area contributed by atoms with Gasteiger partial charge < -0.3 is 10.4 Å². The summed E-state index contributed by atoms with van der Waals surface area (Å²) in [5.74, 6) is -5.08. The average Bonchev–Trinajstić information content (AvgIpc) is 2.42. The van der Waals surface area contributed by atoms with Gasteiger partial charge in [-0.3, -0.25) is 4.79 Å². The van der Waals surface area contributed by atoms with Gasteiger partial charge in [0.05, 0.1) is 5.92 Å². The molecule has 1 aliphatic carbocycles. The second-order valence-electron chi connectivity index (χ2n) is 5.15. The van der Waals surface area contributed by atoms with Crippen molar-refractivity contribution < 1.29 is 23.1 Å². The minimum atomic E-state index is -1.47. The lowest BCUT2D eigenvalue weighted by atomic mass is 9.86. The number of carbonyl (C=O) groups is 1. The van der Waals surface area contributed by atoms with E-state index in [9.17, 15) is 18.0 Å². The number of hydrogen-bond donors (Lipinski definition) is 2. The van der Waals surface area contributed by atoms with Gasteiger partial charge in [-0.15, -0.1) is 0 Å². The van der Waals surface area contributed by atoms with E-state index in [1.54, 1.807) is 0 Å². The van der Waals surface area contributed by atoms with Crippen LogP contribution < -0.4 is 5.32 Å². The molecule has 0 aromatic heterocycles. The zero-order chi connectivity index (χ0) is 14.7. The Labute approximate surface area is 114 Å². The highest BCUT2D eigenvalue weighted by atomic mass is 19.2. The highest BCUT2D eigenvalue weighted by Crippen LogP contribution is 2.25. The minimum Gasteiger partial charge on any atom is -0.481 e. The van der Waals surface area contributed by atoms with E-state index in [4.69, 9.17) is 5.11 Å². The van der Waals surface area contributed by atoms with Gasteiger partial charge in [-0.2, -0.15) is 0 Å². The normalized spacial score (nSPS) is 22.8. The number of rotatable bonds is 4. The van der Waals surface area contributed by atoms with Crippen molar-refractivity contribution in [1.29, 1.82) is 0 Å². The Kier molecular flexibility index (Phi) is 4.65. The predicted octanol–water partition coefficient (Wildman–Crippen LogP) is 2.84. The van der Waals surface area contributed by atoms with E-state index < -0.39 is 23.4 Å². The number of aliphatic carboxylic acids is 1. The summed E-state index contributed by atoms with van der Waals surface area (Å²) in [6.07, 6.45) is 2.80. The highest BCUT2D eigenvalue weighted by Gasteiger charge is 2.26. The third kappa shape index (κ3) is 3.50. The number of halogens is 3. The number of hydrogen-bond acceptors (Lipinski definition) is 2. The van der Waals surface area contributed by atoms with Crippen LogP contribution in [-0.4, -0.2) is 17.1 Å². The molecule has 2 unspecified atom stereocenters. The number of carboxylic acid groups (broad SMARTS) is 1. The number of carboxylic acids is 1. The first-order valence-corrected chi connectivity index (χ1v) is 6.57. The molecule has 3 nitrogen and oxygen atoms in total. The molecule has 0 saturated heterocycles. The highest BCUT2D eigenvalue weighted by molar-refractivity contribution is 5.70. The Morgan fingerprint density at radius 2 is 1.90 bits per heavy atom. The van der Waals surface area contributed by atoms with Gasteiger partial charge in [0.1, 0.15) is 0 Å². The maximum absolute atomic E-state index is 13.1. The van der Waals surface area contributed by atoms with Gasteiger partial charge >= 0.3 is 5.97 Å². The second kappa shape index (κ2) is 6.26. The average molecular weight is 287 g/mol. The van der Waals surface area contributed by atoms with Crippen molar-refractivity contribution in [2.75, 3.05) is 0 Å². The van der Waals surface area contributed by atoms with Crippen LogP contribution in [0.1, 0.15) is 31.2 Å². The second-order valence-corrected chi connectivity index (χ2v) is 5.15. The van der Waals surface area contributed by atoms with Crippen LogP contribution in [0.4, 0.5) is 13.2 Å². The summed E-state index contributed by atoms with van der Waals surface area (Å²) in [5.41, 5.74) is 0.304. The molecule has 0 aliphatic heterocycles. The molecule has 2 N–H and O–H groups in total. The van der Waals surface area contributed by atoms with Crippen LogP contribution in [0.2, 0.25) is 0 Å². The van der Waals surface area contributed by atoms with Crippen molar-refractivity contribution in [3.8, 4) is 0 Å². The summed E-state index contributed by atoms with van der Waals surface area (Å²) in [4.78, 5) is 10.9. The van der Waals surface area contributed by atoms with Gasteiger partial charge in [-0.05, 0) is 37.0 Å². The topological polar surface area (TPSA) is 49.3 Å². The van der Waals surface area contributed by atoms with E-state index in [0.29, 0.717) is 18.4 Å². The third-order valence-electron chi connectivity index (χ3n) is 3.66. The molecule has 0 heterocycles. The largest absolute Gasteiger partial charge is 0.481 e. The lowest BCUT2D eigenvalue weighted by Gasteiger charge is -2.27. The van der Waals surface area contributed by atoms with Crippen molar-refractivity contribution in [2.24, 2.45) is 5.92 Å². The fraction of sp³-hybridized carbons (Fsp3) is 0.500. The standard InChI is InChI=1S/C14H16F3NO2/c15-11-4-8(5-12(16)13(11)17)7-18-10-3-1-2-9(6-10)14(19)20/h4-5,9-10,18H,1-3,6-7H2,(H,19,20). The Morgan fingerprint density at radius 3 is 2.50 bits per heavy atom. The van der Waals surface area contributed by atoms with Gasteiger partial charge in [0.15, 0.2) is 17.5 Å². The maximum atomic E-state index is 13.1. The first-order valence-electron chi connectivity index (χ1n) is 6.57. The summed E-state index contributed by atoms with van der Waals surface area (Å²) in [6, 6.07) is 1.90. The molecule has 0 bridgehead atoms. The van der Waals surface area contributed by atoms with Gasteiger partial charge in [-0.25, -0.2) is 13.2 Å². The molecule has 0 spiro atoms. The lowest BCUT2D eigenvalue weighted by molar-refractivity contribution is -0.143. The van der Waals surface area contributed by atoms with E-state index in [2.05, 4.69) is 5.32 Å². The SMILES string of the molecule is O=C(O)C1CCCC(NCc2cc(F)c(F)c(F)c2)C1. The zero-order valence-corrected chi connectivity index (χ0v) is 10.8. The molecule has 2 atom stereocenters. The van der Waals surface area contributed by atoms with E-state index in [-0.39, 0.29) is 18.5 Å². The molecule has 6 heteroatoms. The molecular weight excluding hydrogens is 271 g/mol. The Bertz CT molecular complexity index is 484. The van der Waals surface area contributed by atoms with Crippen LogP contribution in [-0.2, 0) is 11.3 Å². The molecule has 110 valence electrons. The van der Waals surface area contributed by atoms with Crippen LogP contribution in [0.15, 0.2) is 12.1 Å². The maximum Gasteiger partial charge on any atom is 0.306 e. The van der Waals surface area contributed by atoms with E-state index in [1.165, 1.54) is 0 Å². The molecular formula is C14H16F3NO2. The molecule has 1 fully saturated rings. The van der Waals surface area contributed by atoms with Gasteiger partial charge in [0.2, 0.25) is 0 Å². The number of benzene rings is 1. The van der Waals surface area contributed by atoms with Crippen molar-refractivity contribution in [3.63, 3.8) is 0 Å². The van der Waals surface area contributed by atoms with Crippen molar-refractivity contribution in [3.05, 3.63) is 35.1 Å². The third-order valence-corrected chi connectivity index (χ3v) is 3.66. The summed E-state index contributed by atoms with van der Waals surface area (Å²) in [6.45, 7) is 0.186. The van der Waals surface area contributed by atoms with Gasteiger partial charge in [0.25, 0.3) is 0 Å². The Balaban J connectivity index is 1.93.